The van der Waals surface area contributed by atoms with Crippen LogP contribution in [0.25, 0.3) is 0 Å². The Labute approximate surface area is 189 Å². The Kier molecular flexibility index (Phi) is 7.56. The lowest BCUT2D eigenvalue weighted by molar-refractivity contribution is -0.119. The van der Waals surface area contributed by atoms with Gasteiger partial charge in [0.15, 0.2) is 9.84 Å². The highest BCUT2D eigenvalue weighted by molar-refractivity contribution is 7.91. The van der Waals surface area contributed by atoms with Crippen molar-refractivity contribution in [1.82, 2.24) is 0 Å². The Balaban J connectivity index is 1.69. The zero-order chi connectivity index (χ0) is 23.3. The van der Waals surface area contributed by atoms with Gasteiger partial charge in [0, 0.05) is 37.3 Å². The lowest BCUT2D eigenvalue weighted by Crippen LogP contribution is -2.32. The number of carbonyl (C=O) groups is 2. The molecule has 8 heteroatoms. The Morgan fingerprint density at radius 2 is 1.78 bits per heavy atom. The van der Waals surface area contributed by atoms with Crippen molar-refractivity contribution >= 4 is 33.0 Å². The van der Waals surface area contributed by atoms with E-state index in [9.17, 15) is 18.0 Å². The highest BCUT2D eigenvalue weighted by Crippen LogP contribution is 2.31. The number of fused-ring (bicyclic) bond motifs is 1. The molecule has 1 aliphatic rings. The van der Waals surface area contributed by atoms with Crippen LogP contribution in [0.5, 0.6) is 5.75 Å². The molecule has 2 aromatic carbocycles. The number of sulfone groups is 1. The third-order valence-electron chi connectivity index (χ3n) is 5.57. The Morgan fingerprint density at radius 3 is 2.41 bits per heavy atom. The van der Waals surface area contributed by atoms with Gasteiger partial charge in [-0.25, -0.2) is 8.42 Å². The monoisotopic (exact) mass is 458 g/mol. The van der Waals surface area contributed by atoms with Crippen LogP contribution in [0.4, 0.5) is 11.4 Å². The summed E-state index contributed by atoms with van der Waals surface area (Å²) in [6, 6.07) is 12.1. The molecule has 32 heavy (non-hydrogen) atoms. The molecular formula is C24H30N2O5S. The van der Waals surface area contributed by atoms with Gasteiger partial charge in [0.1, 0.15) is 5.75 Å². The van der Waals surface area contributed by atoms with E-state index >= 15 is 0 Å². The van der Waals surface area contributed by atoms with Crippen molar-refractivity contribution in [2.24, 2.45) is 0 Å². The average molecular weight is 459 g/mol. The zero-order valence-electron chi connectivity index (χ0n) is 18.8. The summed E-state index contributed by atoms with van der Waals surface area (Å²) < 4.78 is 31.2. The van der Waals surface area contributed by atoms with E-state index in [0.717, 1.165) is 17.0 Å². The summed E-state index contributed by atoms with van der Waals surface area (Å²) in [5.74, 6) is 0.230. The minimum atomic E-state index is -3.63. The minimum absolute atomic E-state index is 0.0268. The molecule has 2 amide bonds. The smallest absolute Gasteiger partial charge is 0.228 e. The first-order valence-corrected chi connectivity index (χ1v) is 12.6. The first-order chi connectivity index (χ1) is 15.3. The Morgan fingerprint density at radius 1 is 1.06 bits per heavy atom. The van der Waals surface area contributed by atoms with Crippen LogP contribution in [0.2, 0.25) is 0 Å². The second-order valence-electron chi connectivity index (χ2n) is 7.57. The van der Waals surface area contributed by atoms with Crippen LogP contribution in [-0.2, 0) is 25.8 Å². The van der Waals surface area contributed by atoms with Crippen molar-refractivity contribution in [3.05, 3.63) is 48.0 Å². The second kappa shape index (κ2) is 10.2. The topological polar surface area (TPSA) is 84.0 Å². The maximum Gasteiger partial charge on any atom is 0.228 e. The third-order valence-corrected chi connectivity index (χ3v) is 7.28. The van der Waals surface area contributed by atoms with Gasteiger partial charge >= 0.3 is 0 Å². The standard InChI is InChI=1S/C24H30N2O5S/c1-4-23(27)26-15-13-18-17-21(11-12-22(18)26)32(29,30)16-14-24(28)25(5-2)19-7-9-20(10-8-19)31-6-3/h7-12,17H,4-6,13-16H2,1-3H3. The Hall–Kier alpha value is -2.87. The SMILES string of the molecule is CCOc1ccc(N(CC)C(=O)CCS(=O)(=O)c2ccc3c(c2)CCN3C(=O)CC)cc1. The van der Waals surface area contributed by atoms with E-state index in [4.69, 9.17) is 4.74 Å². The van der Waals surface area contributed by atoms with Gasteiger partial charge in [0.25, 0.3) is 0 Å². The molecular weight excluding hydrogens is 428 g/mol. The molecule has 0 saturated carbocycles. The van der Waals surface area contributed by atoms with Crippen molar-refractivity contribution in [2.75, 3.05) is 35.2 Å². The number of hydrogen-bond acceptors (Lipinski definition) is 5. The molecule has 1 aliphatic heterocycles. The molecule has 0 unspecified atom stereocenters. The molecule has 0 fully saturated rings. The summed E-state index contributed by atoms with van der Waals surface area (Å²) >= 11 is 0. The molecule has 0 radical (unpaired) electrons. The first kappa shape index (κ1) is 23.8. The van der Waals surface area contributed by atoms with E-state index in [0.29, 0.717) is 38.2 Å². The molecule has 2 aromatic rings. The predicted molar refractivity (Wildman–Crippen MR) is 125 cm³/mol. The molecule has 0 N–H and O–H groups in total. The summed E-state index contributed by atoms with van der Waals surface area (Å²) in [4.78, 5) is 28.3. The van der Waals surface area contributed by atoms with Crippen molar-refractivity contribution in [1.29, 1.82) is 0 Å². The molecule has 0 saturated heterocycles. The van der Waals surface area contributed by atoms with Crippen molar-refractivity contribution < 1.29 is 22.7 Å². The van der Waals surface area contributed by atoms with Crippen LogP contribution in [0.1, 0.15) is 39.2 Å². The fourth-order valence-corrected chi connectivity index (χ4v) is 5.16. The number of amides is 2. The summed E-state index contributed by atoms with van der Waals surface area (Å²) in [6.45, 7) is 7.13. The van der Waals surface area contributed by atoms with Gasteiger partial charge in [-0.05, 0) is 68.3 Å². The second-order valence-corrected chi connectivity index (χ2v) is 9.68. The van der Waals surface area contributed by atoms with Crippen LogP contribution in [0.15, 0.2) is 47.4 Å². The van der Waals surface area contributed by atoms with E-state index in [1.165, 1.54) is 6.07 Å². The number of hydrogen-bond donors (Lipinski definition) is 0. The molecule has 3 rings (SSSR count). The van der Waals surface area contributed by atoms with Gasteiger partial charge in [0.05, 0.1) is 17.3 Å². The van der Waals surface area contributed by atoms with Crippen molar-refractivity contribution in [2.45, 2.75) is 44.9 Å². The number of anilines is 2. The third kappa shape index (κ3) is 5.12. The fraction of sp³-hybridized carbons (Fsp3) is 0.417. The number of nitrogens with zero attached hydrogens (tertiary/aromatic N) is 2. The molecule has 0 spiro atoms. The van der Waals surface area contributed by atoms with E-state index in [-0.39, 0.29) is 28.9 Å². The van der Waals surface area contributed by atoms with Gasteiger partial charge in [-0.1, -0.05) is 6.92 Å². The first-order valence-electron chi connectivity index (χ1n) is 11.0. The summed E-state index contributed by atoms with van der Waals surface area (Å²) in [5.41, 5.74) is 2.33. The van der Waals surface area contributed by atoms with Crippen LogP contribution in [0, 0.1) is 0 Å². The molecule has 7 nitrogen and oxygen atoms in total. The minimum Gasteiger partial charge on any atom is -0.494 e. The van der Waals surface area contributed by atoms with Gasteiger partial charge in [0.2, 0.25) is 11.8 Å². The highest BCUT2D eigenvalue weighted by Gasteiger charge is 2.26. The molecule has 0 atom stereocenters. The van der Waals surface area contributed by atoms with Gasteiger partial charge in [-0.2, -0.15) is 0 Å². The lowest BCUT2D eigenvalue weighted by atomic mass is 10.2. The van der Waals surface area contributed by atoms with Gasteiger partial charge < -0.3 is 14.5 Å². The summed E-state index contributed by atoms with van der Waals surface area (Å²) in [6.07, 6.45) is 0.926. The van der Waals surface area contributed by atoms with E-state index in [1.807, 2.05) is 20.8 Å². The van der Waals surface area contributed by atoms with Crippen LogP contribution in [-0.4, -0.2) is 45.7 Å². The van der Waals surface area contributed by atoms with E-state index in [2.05, 4.69) is 0 Å². The maximum absolute atomic E-state index is 12.9. The van der Waals surface area contributed by atoms with E-state index < -0.39 is 9.84 Å². The lowest BCUT2D eigenvalue weighted by Gasteiger charge is -2.21. The number of benzene rings is 2. The molecule has 1 heterocycles. The number of rotatable bonds is 9. The summed E-state index contributed by atoms with van der Waals surface area (Å²) in [5, 5.41) is 0. The largest absolute Gasteiger partial charge is 0.494 e. The quantitative estimate of drug-likeness (QED) is 0.573. The Bertz CT molecular complexity index is 1080. The zero-order valence-corrected chi connectivity index (χ0v) is 19.7. The van der Waals surface area contributed by atoms with Gasteiger partial charge in [-0.15, -0.1) is 0 Å². The summed E-state index contributed by atoms with van der Waals surface area (Å²) in [7, 11) is -3.63. The highest BCUT2D eigenvalue weighted by atomic mass is 32.2. The van der Waals surface area contributed by atoms with Crippen LogP contribution >= 0.6 is 0 Å². The normalized spacial score (nSPS) is 13.0. The van der Waals surface area contributed by atoms with Crippen molar-refractivity contribution in [3.63, 3.8) is 0 Å². The van der Waals surface area contributed by atoms with Crippen molar-refractivity contribution in [3.8, 4) is 5.75 Å². The molecule has 0 bridgehead atoms. The molecule has 0 aromatic heterocycles. The van der Waals surface area contributed by atoms with E-state index in [1.54, 1.807) is 46.2 Å². The average Bonchev–Trinajstić information content (AvgIpc) is 3.22. The molecule has 172 valence electrons. The number of ether oxygens (including phenoxy) is 1. The predicted octanol–water partition coefficient (Wildman–Crippen LogP) is 3.60. The number of carbonyl (C=O) groups excluding carboxylic acids is 2. The van der Waals surface area contributed by atoms with Gasteiger partial charge in [-0.3, -0.25) is 9.59 Å². The fourth-order valence-electron chi connectivity index (χ4n) is 3.89. The van der Waals surface area contributed by atoms with Crippen LogP contribution < -0.4 is 14.5 Å². The maximum atomic E-state index is 12.9. The van der Waals surface area contributed by atoms with Crippen LogP contribution in [0.3, 0.4) is 0 Å². The molecule has 0 aliphatic carbocycles.